The third-order valence-corrected chi connectivity index (χ3v) is 3.65. The van der Waals surface area contributed by atoms with Crippen molar-refractivity contribution in [2.75, 3.05) is 19.6 Å². The first-order chi connectivity index (χ1) is 9.75. The fourth-order valence-corrected chi connectivity index (χ4v) is 2.49. The Kier molecular flexibility index (Phi) is 3.52. The van der Waals surface area contributed by atoms with E-state index in [1.165, 1.54) is 0 Å². The van der Waals surface area contributed by atoms with Crippen molar-refractivity contribution in [2.45, 2.75) is 13.0 Å². The van der Waals surface area contributed by atoms with Crippen LogP contribution >= 0.6 is 0 Å². The van der Waals surface area contributed by atoms with E-state index in [0.717, 1.165) is 30.9 Å². The quantitative estimate of drug-likeness (QED) is 0.895. The van der Waals surface area contributed by atoms with Gasteiger partial charge in [0.25, 0.3) is 5.91 Å². The lowest BCUT2D eigenvalue weighted by molar-refractivity contribution is 0.0656. The topological polar surface area (TPSA) is 50.2 Å². The minimum atomic E-state index is 0.103. The fourth-order valence-electron chi connectivity index (χ4n) is 2.49. The summed E-state index contributed by atoms with van der Waals surface area (Å²) in [5, 5.41) is 7.47. The van der Waals surface area contributed by atoms with E-state index >= 15 is 0 Å². The van der Waals surface area contributed by atoms with Crippen molar-refractivity contribution < 1.29 is 4.79 Å². The molecule has 0 saturated carbocycles. The third-order valence-electron chi connectivity index (χ3n) is 3.65. The monoisotopic (exact) mass is 270 g/mol. The van der Waals surface area contributed by atoms with Crippen molar-refractivity contribution in [2.24, 2.45) is 0 Å². The second kappa shape index (κ2) is 5.46. The summed E-state index contributed by atoms with van der Waals surface area (Å²) < 4.78 is 1.78. The van der Waals surface area contributed by atoms with E-state index in [9.17, 15) is 4.79 Å². The second-order valence-corrected chi connectivity index (χ2v) is 5.05. The Labute approximate surface area is 118 Å². The molecule has 5 heteroatoms. The summed E-state index contributed by atoms with van der Waals surface area (Å²) in [5.74, 6) is 0.103. The molecular weight excluding hydrogens is 252 g/mol. The van der Waals surface area contributed by atoms with Crippen LogP contribution in [-0.2, 0) is 0 Å². The molecule has 1 fully saturated rings. The van der Waals surface area contributed by atoms with Gasteiger partial charge in [-0.1, -0.05) is 0 Å². The van der Waals surface area contributed by atoms with Crippen LogP contribution < -0.4 is 5.32 Å². The maximum absolute atomic E-state index is 12.5. The molecule has 0 bridgehead atoms. The molecule has 1 aliphatic rings. The van der Waals surface area contributed by atoms with Crippen LogP contribution in [0.3, 0.4) is 0 Å². The molecule has 1 atom stereocenters. The molecular formula is C15H18N4O. The van der Waals surface area contributed by atoms with Crippen LogP contribution in [0.15, 0.2) is 42.7 Å². The molecule has 104 valence electrons. The Bertz CT molecular complexity index is 576. The second-order valence-electron chi connectivity index (χ2n) is 5.05. The van der Waals surface area contributed by atoms with E-state index < -0.39 is 0 Å². The number of rotatable bonds is 2. The van der Waals surface area contributed by atoms with Gasteiger partial charge in [0.1, 0.15) is 0 Å². The van der Waals surface area contributed by atoms with Gasteiger partial charge in [0.15, 0.2) is 0 Å². The molecule has 1 amide bonds. The molecule has 0 spiro atoms. The Hall–Kier alpha value is -2.14. The van der Waals surface area contributed by atoms with Crippen molar-refractivity contribution in [3.05, 3.63) is 48.3 Å². The number of nitrogens with zero attached hydrogens (tertiary/aromatic N) is 3. The fraction of sp³-hybridized carbons (Fsp3) is 0.333. The number of aromatic nitrogens is 2. The van der Waals surface area contributed by atoms with Crippen LogP contribution in [0.4, 0.5) is 0 Å². The summed E-state index contributed by atoms with van der Waals surface area (Å²) in [6, 6.07) is 9.70. The van der Waals surface area contributed by atoms with Gasteiger partial charge in [-0.2, -0.15) is 5.10 Å². The molecule has 0 aliphatic carbocycles. The molecule has 0 unspecified atom stereocenters. The van der Waals surface area contributed by atoms with Gasteiger partial charge in [-0.05, 0) is 37.3 Å². The zero-order chi connectivity index (χ0) is 13.9. The minimum Gasteiger partial charge on any atom is -0.333 e. The number of amides is 1. The molecule has 0 radical (unpaired) electrons. The summed E-state index contributed by atoms with van der Waals surface area (Å²) in [6.07, 6.45) is 3.62. The van der Waals surface area contributed by atoms with E-state index in [2.05, 4.69) is 17.3 Å². The van der Waals surface area contributed by atoms with E-state index in [-0.39, 0.29) is 11.9 Å². The number of benzene rings is 1. The van der Waals surface area contributed by atoms with Crippen LogP contribution in [0.1, 0.15) is 17.3 Å². The number of nitrogens with one attached hydrogen (secondary N) is 1. The highest BCUT2D eigenvalue weighted by Crippen LogP contribution is 2.13. The maximum atomic E-state index is 12.5. The molecule has 1 aromatic carbocycles. The van der Waals surface area contributed by atoms with Crippen LogP contribution in [-0.4, -0.2) is 46.3 Å². The van der Waals surface area contributed by atoms with Crippen molar-refractivity contribution in [1.82, 2.24) is 20.0 Å². The van der Waals surface area contributed by atoms with Crippen molar-refractivity contribution in [3.8, 4) is 5.69 Å². The largest absolute Gasteiger partial charge is 0.333 e. The lowest BCUT2D eigenvalue weighted by Gasteiger charge is -2.34. The smallest absolute Gasteiger partial charge is 0.254 e. The van der Waals surface area contributed by atoms with E-state index in [1.807, 2.05) is 41.4 Å². The molecule has 1 saturated heterocycles. The Morgan fingerprint density at radius 2 is 2.15 bits per heavy atom. The first-order valence-corrected chi connectivity index (χ1v) is 6.87. The highest BCUT2D eigenvalue weighted by molar-refractivity contribution is 5.94. The number of carbonyl (C=O) groups excluding carboxylic acids is 1. The van der Waals surface area contributed by atoms with Crippen molar-refractivity contribution in [1.29, 1.82) is 0 Å². The average Bonchev–Trinajstić information content (AvgIpc) is 3.01. The van der Waals surface area contributed by atoms with Gasteiger partial charge in [-0.15, -0.1) is 0 Å². The van der Waals surface area contributed by atoms with Crippen LogP contribution in [0.25, 0.3) is 5.69 Å². The third kappa shape index (κ3) is 2.44. The number of hydrogen-bond acceptors (Lipinski definition) is 3. The summed E-state index contributed by atoms with van der Waals surface area (Å²) >= 11 is 0. The van der Waals surface area contributed by atoms with E-state index in [4.69, 9.17) is 0 Å². The minimum absolute atomic E-state index is 0.103. The van der Waals surface area contributed by atoms with Crippen LogP contribution in [0, 0.1) is 0 Å². The summed E-state index contributed by atoms with van der Waals surface area (Å²) in [6.45, 7) is 4.56. The normalized spacial score (nSPS) is 19.1. The molecule has 1 aliphatic heterocycles. The van der Waals surface area contributed by atoms with Crippen LogP contribution in [0.2, 0.25) is 0 Å². The predicted molar refractivity (Wildman–Crippen MR) is 76.9 cm³/mol. The lowest BCUT2D eigenvalue weighted by atomic mass is 10.1. The lowest BCUT2D eigenvalue weighted by Crippen LogP contribution is -2.52. The SMILES string of the molecule is C[C@H]1CNCCN1C(=O)c1ccc(-n2cccn2)cc1. The highest BCUT2D eigenvalue weighted by atomic mass is 16.2. The molecule has 5 nitrogen and oxygen atoms in total. The molecule has 1 aromatic heterocycles. The predicted octanol–water partition coefficient (Wildman–Crippen LogP) is 1.31. The highest BCUT2D eigenvalue weighted by Gasteiger charge is 2.23. The first-order valence-electron chi connectivity index (χ1n) is 6.87. The number of piperazine rings is 1. The van der Waals surface area contributed by atoms with Gasteiger partial charge in [0.2, 0.25) is 0 Å². The van der Waals surface area contributed by atoms with Crippen molar-refractivity contribution in [3.63, 3.8) is 0 Å². The molecule has 2 aromatic rings. The Morgan fingerprint density at radius 1 is 1.35 bits per heavy atom. The summed E-state index contributed by atoms with van der Waals surface area (Å²) in [7, 11) is 0. The van der Waals surface area contributed by atoms with Gasteiger partial charge in [0.05, 0.1) is 5.69 Å². The van der Waals surface area contributed by atoms with Gasteiger partial charge >= 0.3 is 0 Å². The summed E-state index contributed by atoms with van der Waals surface area (Å²) in [5.41, 5.74) is 1.69. The molecule has 20 heavy (non-hydrogen) atoms. The van der Waals surface area contributed by atoms with Crippen LogP contribution in [0.5, 0.6) is 0 Å². The molecule has 2 heterocycles. The molecule has 1 N–H and O–H groups in total. The van der Waals surface area contributed by atoms with E-state index in [0.29, 0.717) is 0 Å². The zero-order valence-electron chi connectivity index (χ0n) is 11.5. The average molecular weight is 270 g/mol. The van der Waals surface area contributed by atoms with Gasteiger partial charge in [-0.3, -0.25) is 4.79 Å². The first kappa shape index (κ1) is 12.9. The van der Waals surface area contributed by atoms with Crippen molar-refractivity contribution >= 4 is 5.91 Å². The zero-order valence-corrected chi connectivity index (χ0v) is 11.5. The summed E-state index contributed by atoms with van der Waals surface area (Å²) in [4.78, 5) is 14.4. The van der Waals surface area contributed by atoms with E-state index in [1.54, 1.807) is 10.9 Å². The molecule has 3 rings (SSSR count). The number of hydrogen-bond donors (Lipinski definition) is 1. The van der Waals surface area contributed by atoms with Gasteiger partial charge in [0, 0.05) is 43.6 Å². The number of carbonyl (C=O) groups is 1. The van der Waals surface area contributed by atoms with Gasteiger partial charge < -0.3 is 10.2 Å². The Morgan fingerprint density at radius 3 is 2.80 bits per heavy atom. The maximum Gasteiger partial charge on any atom is 0.254 e. The Balaban J connectivity index is 1.78. The standard InChI is InChI=1S/C15H18N4O/c1-12-11-16-8-10-18(12)15(20)13-3-5-14(6-4-13)19-9-2-7-17-19/h2-7,9,12,16H,8,10-11H2,1H3/t12-/m0/s1. The van der Waals surface area contributed by atoms with Gasteiger partial charge in [-0.25, -0.2) is 4.68 Å².